The van der Waals surface area contributed by atoms with Crippen molar-refractivity contribution in [1.82, 2.24) is 16.0 Å². The topological polar surface area (TPSA) is 65.5 Å². The number of carbonyl (C=O) groups is 1. The Labute approximate surface area is 132 Å². The standard InChI is InChI=1S/C17H26N4O/c1-18-17(21-15-9-5-6-10-15)20-13-16(22)19-12-11-14-7-3-2-4-8-14/h2-4,7-8,15H,5-6,9-13H2,1H3,(H,19,22)(H2,18,20,21). The highest BCUT2D eigenvalue weighted by Crippen LogP contribution is 2.17. The third kappa shape index (κ3) is 5.76. The van der Waals surface area contributed by atoms with Crippen LogP contribution in [0.3, 0.4) is 0 Å². The summed E-state index contributed by atoms with van der Waals surface area (Å²) in [4.78, 5) is 16.0. The van der Waals surface area contributed by atoms with Crippen molar-refractivity contribution in [2.75, 3.05) is 20.1 Å². The molecular formula is C17H26N4O. The third-order valence-corrected chi connectivity index (χ3v) is 3.91. The lowest BCUT2D eigenvalue weighted by Crippen LogP contribution is -2.46. The molecule has 1 aromatic carbocycles. The molecule has 1 fully saturated rings. The van der Waals surface area contributed by atoms with E-state index in [-0.39, 0.29) is 12.5 Å². The molecule has 0 aromatic heterocycles. The molecule has 0 spiro atoms. The predicted molar refractivity (Wildman–Crippen MR) is 89.9 cm³/mol. The number of benzene rings is 1. The number of hydrogen-bond acceptors (Lipinski definition) is 2. The average Bonchev–Trinajstić information content (AvgIpc) is 3.05. The van der Waals surface area contributed by atoms with Gasteiger partial charge < -0.3 is 16.0 Å². The average molecular weight is 302 g/mol. The molecule has 0 bridgehead atoms. The number of hydrogen-bond donors (Lipinski definition) is 3. The van der Waals surface area contributed by atoms with Crippen molar-refractivity contribution in [3.05, 3.63) is 35.9 Å². The van der Waals surface area contributed by atoms with Crippen LogP contribution in [0.15, 0.2) is 35.3 Å². The lowest BCUT2D eigenvalue weighted by molar-refractivity contribution is -0.119. The molecule has 0 unspecified atom stereocenters. The van der Waals surface area contributed by atoms with Gasteiger partial charge in [0.2, 0.25) is 5.91 Å². The zero-order valence-corrected chi connectivity index (χ0v) is 13.3. The van der Waals surface area contributed by atoms with E-state index in [4.69, 9.17) is 0 Å². The summed E-state index contributed by atoms with van der Waals surface area (Å²) >= 11 is 0. The summed E-state index contributed by atoms with van der Waals surface area (Å²) in [5.74, 6) is 0.704. The summed E-state index contributed by atoms with van der Waals surface area (Å²) in [7, 11) is 1.73. The monoisotopic (exact) mass is 302 g/mol. The van der Waals surface area contributed by atoms with Gasteiger partial charge in [-0.05, 0) is 24.8 Å². The molecule has 5 heteroatoms. The van der Waals surface area contributed by atoms with Crippen molar-refractivity contribution < 1.29 is 4.79 Å². The molecule has 0 radical (unpaired) electrons. The van der Waals surface area contributed by atoms with E-state index in [0.29, 0.717) is 18.5 Å². The maximum Gasteiger partial charge on any atom is 0.239 e. The van der Waals surface area contributed by atoms with Gasteiger partial charge in [-0.15, -0.1) is 0 Å². The van der Waals surface area contributed by atoms with Gasteiger partial charge in [-0.2, -0.15) is 0 Å². The van der Waals surface area contributed by atoms with Gasteiger partial charge in [-0.3, -0.25) is 9.79 Å². The highest BCUT2D eigenvalue weighted by atomic mass is 16.1. The largest absolute Gasteiger partial charge is 0.354 e. The quantitative estimate of drug-likeness (QED) is 0.550. The summed E-state index contributed by atoms with van der Waals surface area (Å²) in [5.41, 5.74) is 1.23. The van der Waals surface area contributed by atoms with E-state index in [0.717, 1.165) is 6.42 Å². The number of nitrogens with one attached hydrogen (secondary N) is 3. The second-order valence-electron chi connectivity index (χ2n) is 5.64. The van der Waals surface area contributed by atoms with E-state index in [1.165, 1.54) is 31.2 Å². The number of aliphatic imine (C=N–C) groups is 1. The Kier molecular flexibility index (Phi) is 6.74. The summed E-state index contributed by atoms with van der Waals surface area (Å²) in [6, 6.07) is 10.6. The lowest BCUT2D eigenvalue weighted by Gasteiger charge is -2.16. The van der Waals surface area contributed by atoms with Crippen LogP contribution >= 0.6 is 0 Å². The highest BCUT2D eigenvalue weighted by Gasteiger charge is 2.16. The second kappa shape index (κ2) is 9.07. The molecule has 5 nitrogen and oxygen atoms in total. The molecule has 22 heavy (non-hydrogen) atoms. The first-order chi connectivity index (χ1) is 10.8. The molecule has 0 saturated heterocycles. The van der Waals surface area contributed by atoms with Gasteiger partial charge in [0.25, 0.3) is 0 Å². The van der Waals surface area contributed by atoms with Crippen LogP contribution in [0.5, 0.6) is 0 Å². The summed E-state index contributed by atoms with van der Waals surface area (Å²) in [5, 5.41) is 9.35. The lowest BCUT2D eigenvalue weighted by atomic mass is 10.1. The fraction of sp³-hybridized carbons (Fsp3) is 0.529. The molecule has 1 aliphatic rings. The van der Waals surface area contributed by atoms with E-state index < -0.39 is 0 Å². The van der Waals surface area contributed by atoms with Crippen molar-refractivity contribution in [2.24, 2.45) is 4.99 Å². The normalized spacial score (nSPS) is 15.6. The van der Waals surface area contributed by atoms with Gasteiger partial charge in [-0.25, -0.2) is 0 Å². The fourth-order valence-corrected chi connectivity index (χ4v) is 2.68. The SMILES string of the molecule is CN=C(NCC(=O)NCCc1ccccc1)NC1CCCC1. The zero-order chi connectivity index (χ0) is 15.6. The van der Waals surface area contributed by atoms with Gasteiger partial charge >= 0.3 is 0 Å². The minimum atomic E-state index is -0.00898. The molecule has 1 amide bonds. The molecule has 0 aliphatic heterocycles. The summed E-state index contributed by atoms with van der Waals surface area (Å²) in [6.07, 6.45) is 5.76. The van der Waals surface area contributed by atoms with Crippen molar-refractivity contribution >= 4 is 11.9 Å². The van der Waals surface area contributed by atoms with E-state index in [1.54, 1.807) is 7.05 Å². The Morgan fingerprint density at radius 1 is 1.18 bits per heavy atom. The van der Waals surface area contributed by atoms with Gasteiger partial charge in [-0.1, -0.05) is 43.2 Å². The maximum absolute atomic E-state index is 11.8. The van der Waals surface area contributed by atoms with E-state index in [9.17, 15) is 4.79 Å². The predicted octanol–water partition coefficient (Wildman–Crippen LogP) is 1.45. The number of guanidine groups is 1. The van der Waals surface area contributed by atoms with Crippen molar-refractivity contribution in [3.8, 4) is 0 Å². The molecule has 2 rings (SSSR count). The van der Waals surface area contributed by atoms with Crippen LogP contribution in [0, 0.1) is 0 Å². The van der Waals surface area contributed by atoms with Crippen molar-refractivity contribution in [2.45, 2.75) is 38.1 Å². The number of carbonyl (C=O) groups excluding carboxylic acids is 1. The van der Waals surface area contributed by atoms with E-state index in [2.05, 4.69) is 33.1 Å². The Bertz CT molecular complexity index is 481. The maximum atomic E-state index is 11.8. The summed E-state index contributed by atoms with van der Waals surface area (Å²) in [6.45, 7) is 0.903. The molecular weight excluding hydrogens is 276 g/mol. The first-order valence-electron chi connectivity index (χ1n) is 8.06. The van der Waals surface area contributed by atoms with Gasteiger partial charge in [0.1, 0.15) is 0 Å². The van der Waals surface area contributed by atoms with Crippen molar-refractivity contribution in [1.29, 1.82) is 0 Å². The third-order valence-electron chi connectivity index (χ3n) is 3.91. The Morgan fingerprint density at radius 2 is 1.91 bits per heavy atom. The van der Waals surface area contributed by atoms with Gasteiger partial charge in [0, 0.05) is 19.6 Å². The zero-order valence-electron chi connectivity index (χ0n) is 13.3. The second-order valence-corrected chi connectivity index (χ2v) is 5.64. The van der Waals surface area contributed by atoms with Crippen LogP contribution in [0.2, 0.25) is 0 Å². The van der Waals surface area contributed by atoms with E-state index >= 15 is 0 Å². The van der Waals surface area contributed by atoms with Crippen molar-refractivity contribution in [3.63, 3.8) is 0 Å². The Morgan fingerprint density at radius 3 is 2.59 bits per heavy atom. The number of amides is 1. The first kappa shape index (κ1) is 16.3. The molecule has 1 aromatic rings. The smallest absolute Gasteiger partial charge is 0.239 e. The van der Waals surface area contributed by atoms with E-state index in [1.807, 2.05) is 18.2 Å². The fourth-order valence-electron chi connectivity index (χ4n) is 2.68. The summed E-state index contributed by atoms with van der Waals surface area (Å²) < 4.78 is 0. The van der Waals surface area contributed by atoms with Crippen LogP contribution in [-0.4, -0.2) is 38.0 Å². The minimum absolute atomic E-state index is 0.00898. The van der Waals surface area contributed by atoms with Gasteiger partial charge in [0.05, 0.1) is 6.54 Å². The first-order valence-corrected chi connectivity index (χ1v) is 8.06. The Hall–Kier alpha value is -2.04. The molecule has 0 heterocycles. The van der Waals surface area contributed by atoms with Crippen LogP contribution < -0.4 is 16.0 Å². The highest BCUT2D eigenvalue weighted by molar-refractivity contribution is 5.86. The number of nitrogens with zero attached hydrogens (tertiary/aromatic N) is 1. The van der Waals surface area contributed by atoms with Crippen LogP contribution in [0.25, 0.3) is 0 Å². The molecule has 120 valence electrons. The molecule has 1 aliphatic carbocycles. The molecule has 1 saturated carbocycles. The van der Waals surface area contributed by atoms with Crippen LogP contribution in [-0.2, 0) is 11.2 Å². The van der Waals surface area contributed by atoms with Gasteiger partial charge in [0.15, 0.2) is 5.96 Å². The Balaban J connectivity index is 1.61. The molecule has 3 N–H and O–H groups in total. The minimum Gasteiger partial charge on any atom is -0.354 e. The van der Waals surface area contributed by atoms with Crippen LogP contribution in [0.1, 0.15) is 31.2 Å². The number of rotatable bonds is 6. The molecule has 0 atom stereocenters. The van der Waals surface area contributed by atoms with Crippen LogP contribution in [0.4, 0.5) is 0 Å².